The fourth-order valence-corrected chi connectivity index (χ4v) is 1.27. The highest BCUT2D eigenvalue weighted by molar-refractivity contribution is 4.81. The van der Waals surface area contributed by atoms with Crippen molar-refractivity contribution in [1.29, 1.82) is 0 Å². The van der Waals surface area contributed by atoms with Crippen molar-refractivity contribution in [2.24, 2.45) is 5.73 Å². The van der Waals surface area contributed by atoms with E-state index in [1.165, 1.54) is 0 Å². The largest absolute Gasteiger partial charge is 0.380 e. The Labute approximate surface area is 62.1 Å². The van der Waals surface area contributed by atoms with Crippen LogP contribution in [0.5, 0.6) is 0 Å². The predicted molar refractivity (Wildman–Crippen MR) is 40.9 cm³/mol. The highest BCUT2D eigenvalue weighted by Crippen LogP contribution is 2.08. The summed E-state index contributed by atoms with van der Waals surface area (Å²) in [5, 5.41) is 0. The maximum absolute atomic E-state index is 5.86. The lowest BCUT2D eigenvalue weighted by molar-refractivity contribution is 0.0238. The molecule has 0 bridgehead atoms. The summed E-state index contributed by atoms with van der Waals surface area (Å²) >= 11 is 0. The topological polar surface area (TPSA) is 38.5 Å². The highest BCUT2D eigenvalue weighted by Gasteiger charge is 2.23. The number of nitrogens with two attached hydrogens (primary N) is 1. The fraction of sp³-hybridized carbons (Fsp3) is 1.00. The van der Waals surface area contributed by atoms with Gasteiger partial charge in [0.25, 0.3) is 0 Å². The minimum atomic E-state index is 0.295. The molecule has 1 aliphatic heterocycles. The average Bonchev–Trinajstić information content (AvgIpc) is 1.88. The Morgan fingerprint density at radius 3 is 2.60 bits per heavy atom. The van der Waals surface area contributed by atoms with E-state index < -0.39 is 0 Å². The van der Waals surface area contributed by atoms with Gasteiger partial charge in [0.15, 0.2) is 0 Å². The van der Waals surface area contributed by atoms with Crippen LogP contribution in [0.25, 0.3) is 0 Å². The summed E-state index contributed by atoms with van der Waals surface area (Å²) in [6, 6.07) is 0.706. The van der Waals surface area contributed by atoms with E-state index in [1.807, 2.05) is 14.1 Å². The standard InChI is InChI=1S/C7H16N2O/c1-9(2)7-5-10-4-3-6(7)8/h6-7H,3-5,8H2,1-2H3/t6-,7-/m1/s1. The Balaban J connectivity index is 2.40. The van der Waals surface area contributed by atoms with Crippen molar-refractivity contribution in [3.8, 4) is 0 Å². The molecule has 0 aromatic carbocycles. The summed E-state index contributed by atoms with van der Waals surface area (Å²) in [5.41, 5.74) is 5.86. The van der Waals surface area contributed by atoms with Crippen molar-refractivity contribution >= 4 is 0 Å². The van der Waals surface area contributed by atoms with Crippen LogP contribution in [0.15, 0.2) is 0 Å². The third-order valence-corrected chi connectivity index (χ3v) is 2.04. The first kappa shape index (κ1) is 7.98. The molecule has 2 atom stereocenters. The van der Waals surface area contributed by atoms with Gasteiger partial charge in [0.05, 0.1) is 6.61 Å². The first-order valence-corrected chi connectivity index (χ1v) is 3.71. The van der Waals surface area contributed by atoms with Crippen LogP contribution in [-0.2, 0) is 4.74 Å². The summed E-state index contributed by atoms with van der Waals surface area (Å²) < 4.78 is 5.29. The predicted octanol–water partition coefficient (Wildman–Crippen LogP) is -0.336. The number of nitrogens with zero attached hydrogens (tertiary/aromatic N) is 1. The van der Waals surface area contributed by atoms with E-state index in [4.69, 9.17) is 10.5 Å². The number of rotatable bonds is 1. The molecule has 0 saturated carbocycles. The van der Waals surface area contributed by atoms with Crippen LogP contribution in [0.4, 0.5) is 0 Å². The van der Waals surface area contributed by atoms with E-state index in [9.17, 15) is 0 Å². The maximum Gasteiger partial charge on any atom is 0.0636 e. The van der Waals surface area contributed by atoms with Crippen molar-refractivity contribution < 1.29 is 4.74 Å². The summed E-state index contributed by atoms with van der Waals surface area (Å²) in [6.07, 6.45) is 0.989. The lowest BCUT2D eigenvalue weighted by Crippen LogP contribution is -2.50. The number of hydrogen-bond donors (Lipinski definition) is 1. The smallest absolute Gasteiger partial charge is 0.0636 e. The molecule has 0 aromatic heterocycles. The number of ether oxygens (including phenoxy) is 1. The van der Waals surface area contributed by atoms with Gasteiger partial charge < -0.3 is 15.4 Å². The van der Waals surface area contributed by atoms with Gasteiger partial charge in [0.2, 0.25) is 0 Å². The van der Waals surface area contributed by atoms with E-state index in [1.54, 1.807) is 0 Å². The van der Waals surface area contributed by atoms with Crippen LogP contribution in [0, 0.1) is 0 Å². The van der Waals surface area contributed by atoms with Crippen LogP contribution in [-0.4, -0.2) is 44.3 Å². The molecule has 1 saturated heterocycles. The molecule has 0 radical (unpaired) electrons. The molecule has 2 N–H and O–H groups in total. The quantitative estimate of drug-likeness (QED) is 0.547. The first-order valence-electron chi connectivity index (χ1n) is 3.71. The van der Waals surface area contributed by atoms with Gasteiger partial charge in [0, 0.05) is 18.7 Å². The lowest BCUT2D eigenvalue weighted by atomic mass is 10.0. The molecule has 0 unspecified atom stereocenters. The number of hydrogen-bond acceptors (Lipinski definition) is 3. The summed E-state index contributed by atoms with van der Waals surface area (Å²) in [5.74, 6) is 0. The summed E-state index contributed by atoms with van der Waals surface area (Å²) in [4.78, 5) is 2.13. The molecule has 0 aliphatic carbocycles. The fourth-order valence-electron chi connectivity index (χ4n) is 1.27. The molecule has 1 fully saturated rings. The lowest BCUT2D eigenvalue weighted by Gasteiger charge is -2.33. The van der Waals surface area contributed by atoms with E-state index >= 15 is 0 Å². The highest BCUT2D eigenvalue weighted by atomic mass is 16.5. The molecule has 60 valence electrons. The van der Waals surface area contributed by atoms with Crippen molar-refractivity contribution in [2.75, 3.05) is 27.3 Å². The van der Waals surface area contributed by atoms with Crippen molar-refractivity contribution in [3.63, 3.8) is 0 Å². The SMILES string of the molecule is CN(C)[C@@H]1COCC[C@H]1N. The second kappa shape index (κ2) is 3.32. The molecule has 10 heavy (non-hydrogen) atoms. The van der Waals surface area contributed by atoms with Crippen LogP contribution >= 0.6 is 0 Å². The molecule has 0 amide bonds. The Kier molecular flexibility index (Phi) is 2.65. The zero-order valence-corrected chi connectivity index (χ0v) is 6.71. The second-order valence-electron chi connectivity index (χ2n) is 3.06. The van der Waals surface area contributed by atoms with Crippen molar-refractivity contribution in [1.82, 2.24) is 4.90 Å². The van der Waals surface area contributed by atoms with Crippen LogP contribution in [0.2, 0.25) is 0 Å². The molecule has 0 spiro atoms. The van der Waals surface area contributed by atoms with Crippen LogP contribution in [0.3, 0.4) is 0 Å². The second-order valence-corrected chi connectivity index (χ2v) is 3.06. The van der Waals surface area contributed by atoms with E-state index in [2.05, 4.69) is 4.90 Å². The van der Waals surface area contributed by atoms with Gasteiger partial charge >= 0.3 is 0 Å². The third-order valence-electron chi connectivity index (χ3n) is 2.04. The van der Waals surface area contributed by atoms with Gasteiger partial charge in [-0.3, -0.25) is 0 Å². The third kappa shape index (κ3) is 1.68. The van der Waals surface area contributed by atoms with E-state index in [0.717, 1.165) is 19.6 Å². The minimum Gasteiger partial charge on any atom is -0.380 e. The maximum atomic E-state index is 5.86. The van der Waals surface area contributed by atoms with Crippen molar-refractivity contribution in [3.05, 3.63) is 0 Å². The molecule has 1 aliphatic rings. The Morgan fingerprint density at radius 1 is 1.50 bits per heavy atom. The monoisotopic (exact) mass is 144 g/mol. The van der Waals surface area contributed by atoms with E-state index in [-0.39, 0.29) is 0 Å². The summed E-state index contributed by atoms with van der Waals surface area (Å²) in [6.45, 7) is 1.61. The van der Waals surface area contributed by atoms with Gasteiger partial charge in [-0.15, -0.1) is 0 Å². The molecular formula is C7H16N2O. The zero-order valence-electron chi connectivity index (χ0n) is 6.71. The molecule has 3 heteroatoms. The van der Waals surface area contributed by atoms with Gasteiger partial charge in [-0.25, -0.2) is 0 Å². The Hall–Kier alpha value is -0.120. The Morgan fingerprint density at radius 2 is 2.20 bits per heavy atom. The van der Waals surface area contributed by atoms with Gasteiger partial charge in [-0.05, 0) is 20.5 Å². The zero-order chi connectivity index (χ0) is 7.56. The average molecular weight is 144 g/mol. The molecule has 1 rings (SSSR count). The van der Waals surface area contributed by atoms with Crippen LogP contribution < -0.4 is 5.73 Å². The summed E-state index contributed by atoms with van der Waals surface area (Å²) in [7, 11) is 4.08. The molecule has 0 aromatic rings. The van der Waals surface area contributed by atoms with Crippen molar-refractivity contribution in [2.45, 2.75) is 18.5 Å². The number of likely N-dealkylation sites (N-methyl/N-ethyl adjacent to an activating group) is 1. The van der Waals surface area contributed by atoms with Gasteiger partial charge in [-0.2, -0.15) is 0 Å². The minimum absolute atomic E-state index is 0.295. The molecule has 3 nitrogen and oxygen atoms in total. The Bertz CT molecular complexity index is 106. The van der Waals surface area contributed by atoms with Gasteiger partial charge in [0.1, 0.15) is 0 Å². The molecule has 1 heterocycles. The molecular weight excluding hydrogens is 128 g/mol. The van der Waals surface area contributed by atoms with Crippen LogP contribution in [0.1, 0.15) is 6.42 Å². The van der Waals surface area contributed by atoms with Gasteiger partial charge in [-0.1, -0.05) is 0 Å². The normalized spacial score (nSPS) is 34.8. The van der Waals surface area contributed by atoms with E-state index in [0.29, 0.717) is 12.1 Å². The first-order chi connectivity index (χ1) is 4.72.